The molecule has 7 heteroatoms. The molecule has 2 rings (SSSR count). The van der Waals surface area contributed by atoms with Gasteiger partial charge in [-0.05, 0) is 57.0 Å². The number of hydrogen-bond acceptors (Lipinski definition) is 4. The van der Waals surface area contributed by atoms with Crippen molar-refractivity contribution in [2.45, 2.75) is 38.6 Å². The number of ether oxygens (including phenoxy) is 1. The summed E-state index contributed by atoms with van der Waals surface area (Å²) in [6.45, 7) is 7.68. The largest absolute Gasteiger partial charge is 0.383 e. The number of methoxy groups -OCH3 is 1. The van der Waals surface area contributed by atoms with Gasteiger partial charge < -0.3 is 10.1 Å². The van der Waals surface area contributed by atoms with Crippen LogP contribution in [0.3, 0.4) is 0 Å². The topological polar surface area (TPSA) is 84.5 Å². The summed E-state index contributed by atoms with van der Waals surface area (Å²) < 4.78 is 33.4. The minimum absolute atomic E-state index is 0.0783. The molecule has 1 amide bonds. The van der Waals surface area contributed by atoms with Gasteiger partial charge in [0, 0.05) is 18.7 Å². The van der Waals surface area contributed by atoms with E-state index in [0.29, 0.717) is 17.9 Å². The highest BCUT2D eigenvalue weighted by atomic mass is 32.2. The van der Waals surface area contributed by atoms with E-state index < -0.39 is 10.0 Å². The van der Waals surface area contributed by atoms with Crippen LogP contribution in [-0.4, -0.2) is 34.1 Å². The second-order valence-electron chi connectivity index (χ2n) is 6.73. The highest BCUT2D eigenvalue weighted by Crippen LogP contribution is 2.23. The van der Waals surface area contributed by atoms with Gasteiger partial charge in [0.05, 0.1) is 17.2 Å². The van der Waals surface area contributed by atoms with Crippen LogP contribution in [0.15, 0.2) is 41.3 Å². The molecule has 146 valence electrons. The van der Waals surface area contributed by atoms with E-state index in [-0.39, 0.29) is 22.4 Å². The van der Waals surface area contributed by atoms with Crippen molar-refractivity contribution in [1.29, 1.82) is 0 Å². The highest BCUT2D eigenvalue weighted by Gasteiger charge is 2.20. The van der Waals surface area contributed by atoms with Gasteiger partial charge in [-0.15, -0.1) is 0 Å². The number of hydrogen-bond donors (Lipinski definition) is 2. The molecule has 0 saturated heterocycles. The molecule has 0 aliphatic carbocycles. The molecule has 0 heterocycles. The Morgan fingerprint density at radius 1 is 1.07 bits per heavy atom. The summed E-state index contributed by atoms with van der Waals surface area (Å²) in [5.41, 5.74) is 3.25. The first kappa shape index (κ1) is 20.9. The second kappa shape index (κ2) is 8.54. The maximum atomic E-state index is 12.9. The van der Waals surface area contributed by atoms with Crippen molar-refractivity contribution in [3.8, 4) is 0 Å². The van der Waals surface area contributed by atoms with Crippen molar-refractivity contribution in [3.63, 3.8) is 0 Å². The number of sulfonamides is 1. The van der Waals surface area contributed by atoms with Crippen molar-refractivity contribution < 1.29 is 17.9 Å². The van der Waals surface area contributed by atoms with E-state index in [2.05, 4.69) is 10.0 Å². The number of benzene rings is 2. The third kappa shape index (κ3) is 5.30. The van der Waals surface area contributed by atoms with E-state index in [0.717, 1.165) is 11.1 Å². The Labute approximate surface area is 161 Å². The van der Waals surface area contributed by atoms with Crippen LogP contribution in [0.5, 0.6) is 0 Å². The van der Waals surface area contributed by atoms with Gasteiger partial charge in [0.2, 0.25) is 0 Å². The van der Waals surface area contributed by atoms with E-state index in [9.17, 15) is 13.2 Å². The third-order valence-corrected chi connectivity index (χ3v) is 5.67. The molecule has 2 N–H and O–H groups in total. The van der Waals surface area contributed by atoms with Crippen LogP contribution in [0.25, 0.3) is 0 Å². The zero-order valence-corrected chi connectivity index (χ0v) is 17.1. The van der Waals surface area contributed by atoms with Crippen molar-refractivity contribution in [2.24, 2.45) is 0 Å². The fourth-order valence-electron chi connectivity index (χ4n) is 2.76. The molecule has 1 atom stereocenters. The Bertz CT molecular complexity index is 939. The minimum Gasteiger partial charge on any atom is -0.383 e. The lowest BCUT2D eigenvalue weighted by atomic mass is 10.1. The standard InChI is InChI=1S/C20H26N2O4S/c1-13-6-9-18(15(3)10-13)22-27(24,25)19-11-17(8-7-14(19)2)20(23)21-16(4)12-26-5/h6-11,16,22H,12H2,1-5H3,(H,21,23)/t16-/m1/s1. The Morgan fingerprint density at radius 3 is 2.41 bits per heavy atom. The third-order valence-electron chi connectivity index (χ3n) is 4.16. The lowest BCUT2D eigenvalue weighted by molar-refractivity contribution is 0.0905. The van der Waals surface area contributed by atoms with Crippen LogP contribution in [0.1, 0.15) is 34.0 Å². The SMILES string of the molecule is COC[C@@H](C)NC(=O)c1ccc(C)c(S(=O)(=O)Nc2ccc(C)cc2C)c1. The summed E-state index contributed by atoms with van der Waals surface area (Å²) in [7, 11) is -2.28. The average molecular weight is 391 g/mol. The monoisotopic (exact) mass is 390 g/mol. The van der Waals surface area contributed by atoms with E-state index in [1.807, 2.05) is 32.9 Å². The number of carbonyl (C=O) groups is 1. The molecule has 0 aromatic heterocycles. The number of nitrogens with one attached hydrogen (secondary N) is 2. The normalized spacial score (nSPS) is 12.5. The number of amides is 1. The fraction of sp³-hybridized carbons (Fsp3) is 0.350. The van der Waals surface area contributed by atoms with Crippen LogP contribution in [0.2, 0.25) is 0 Å². The molecular formula is C20H26N2O4S. The molecule has 0 unspecified atom stereocenters. The van der Waals surface area contributed by atoms with Gasteiger partial charge in [-0.25, -0.2) is 8.42 Å². The van der Waals surface area contributed by atoms with Crippen LogP contribution in [0.4, 0.5) is 5.69 Å². The van der Waals surface area contributed by atoms with Gasteiger partial charge in [0.1, 0.15) is 0 Å². The molecule has 2 aromatic carbocycles. The van der Waals surface area contributed by atoms with Crippen LogP contribution in [-0.2, 0) is 14.8 Å². The summed E-state index contributed by atoms with van der Waals surface area (Å²) in [6, 6.07) is 9.95. The molecule has 0 aliphatic heterocycles. The van der Waals surface area contributed by atoms with Crippen LogP contribution < -0.4 is 10.0 Å². The first-order valence-corrected chi connectivity index (χ1v) is 10.1. The summed E-state index contributed by atoms with van der Waals surface area (Å²) in [5, 5.41) is 2.78. The van der Waals surface area contributed by atoms with E-state index >= 15 is 0 Å². The lowest BCUT2D eigenvalue weighted by Gasteiger charge is -2.15. The van der Waals surface area contributed by atoms with Crippen LogP contribution >= 0.6 is 0 Å². The molecule has 2 aromatic rings. The first-order chi connectivity index (χ1) is 12.6. The van der Waals surface area contributed by atoms with Crippen molar-refractivity contribution >= 4 is 21.6 Å². The lowest BCUT2D eigenvalue weighted by Crippen LogP contribution is -2.35. The van der Waals surface area contributed by atoms with E-state index in [1.165, 1.54) is 6.07 Å². The van der Waals surface area contributed by atoms with Crippen molar-refractivity contribution in [3.05, 3.63) is 58.7 Å². The number of carbonyl (C=O) groups excluding carboxylic acids is 1. The molecule has 27 heavy (non-hydrogen) atoms. The highest BCUT2D eigenvalue weighted by molar-refractivity contribution is 7.92. The minimum atomic E-state index is -3.83. The maximum Gasteiger partial charge on any atom is 0.262 e. The Kier molecular flexibility index (Phi) is 6.62. The van der Waals surface area contributed by atoms with E-state index in [1.54, 1.807) is 32.2 Å². The van der Waals surface area contributed by atoms with Crippen LogP contribution in [0, 0.1) is 20.8 Å². The Balaban J connectivity index is 2.32. The number of aryl methyl sites for hydroxylation is 3. The molecule has 0 bridgehead atoms. The van der Waals surface area contributed by atoms with Gasteiger partial charge in [-0.2, -0.15) is 0 Å². The summed E-state index contributed by atoms with van der Waals surface area (Å²) in [4.78, 5) is 12.5. The van der Waals surface area contributed by atoms with Gasteiger partial charge in [0.15, 0.2) is 0 Å². The molecular weight excluding hydrogens is 364 g/mol. The first-order valence-electron chi connectivity index (χ1n) is 8.64. The second-order valence-corrected chi connectivity index (χ2v) is 8.38. The molecule has 0 aliphatic rings. The summed E-state index contributed by atoms with van der Waals surface area (Å²) >= 11 is 0. The Hall–Kier alpha value is -2.38. The molecule has 6 nitrogen and oxygen atoms in total. The van der Waals surface area contributed by atoms with E-state index in [4.69, 9.17) is 4.74 Å². The van der Waals surface area contributed by atoms with Gasteiger partial charge >= 0.3 is 0 Å². The van der Waals surface area contributed by atoms with Gasteiger partial charge in [0.25, 0.3) is 15.9 Å². The zero-order chi connectivity index (χ0) is 20.2. The molecule has 0 radical (unpaired) electrons. The summed E-state index contributed by atoms with van der Waals surface area (Å²) in [5.74, 6) is -0.345. The summed E-state index contributed by atoms with van der Waals surface area (Å²) in [6.07, 6.45) is 0. The average Bonchev–Trinajstić information content (AvgIpc) is 2.57. The molecule has 0 spiro atoms. The maximum absolute atomic E-state index is 12.9. The van der Waals surface area contributed by atoms with Gasteiger partial charge in [-0.1, -0.05) is 23.8 Å². The smallest absolute Gasteiger partial charge is 0.262 e. The molecule has 0 fully saturated rings. The Morgan fingerprint density at radius 2 is 1.78 bits per heavy atom. The van der Waals surface area contributed by atoms with Gasteiger partial charge in [-0.3, -0.25) is 9.52 Å². The predicted octanol–water partition coefficient (Wildman–Crippen LogP) is 3.18. The molecule has 0 saturated carbocycles. The zero-order valence-electron chi connectivity index (χ0n) is 16.3. The predicted molar refractivity (Wildman–Crippen MR) is 107 cm³/mol. The number of anilines is 1. The van der Waals surface area contributed by atoms with Crippen molar-refractivity contribution in [2.75, 3.05) is 18.4 Å². The number of rotatable bonds is 7. The quantitative estimate of drug-likeness (QED) is 0.760. The fourth-order valence-corrected chi connectivity index (χ4v) is 4.16. The van der Waals surface area contributed by atoms with Crippen molar-refractivity contribution in [1.82, 2.24) is 5.32 Å².